The molecule has 0 radical (unpaired) electrons. The van der Waals surface area contributed by atoms with Gasteiger partial charge < -0.3 is 10.4 Å². The van der Waals surface area contributed by atoms with Crippen molar-refractivity contribution in [1.82, 2.24) is 10.2 Å². The molecule has 0 bridgehead atoms. The minimum atomic E-state index is -0.908. The summed E-state index contributed by atoms with van der Waals surface area (Å²) in [4.78, 5) is 25.8. The molecule has 1 aliphatic carbocycles. The fraction of sp³-hybridized carbons (Fsp3) is 0.571. The van der Waals surface area contributed by atoms with Gasteiger partial charge in [-0.05, 0) is 71.6 Å². The number of carbonyl (C=O) groups is 2. The molecule has 0 saturated heterocycles. The first-order chi connectivity index (χ1) is 15.7. The Hall–Kier alpha value is -2.27. The van der Waals surface area contributed by atoms with Crippen LogP contribution in [0.3, 0.4) is 0 Å². The monoisotopic (exact) mass is 486 g/mol. The summed E-state index contributed by atoms with van der Waals surface area (Å²) in [6, 6.07) is 5.95. The topological polar surface area (TPSA) is 69.6 Å². The quantitative estimate of drug-likeness (QED) is 0.426. The molecule has 1 heterocycles. The molecule has 3 rings (SSSR count). The smallest absolute Gasteiger partial charge is 0.326 e. The number of allylic oxidation sites excluding steroid dienone is 1. The number of hydrogen-bond donors (Lipinski definition) is 2. The van der Waals surface area contributed by atoms with E-state index < -0.39 is 11.5 Å². The Morgan fingerprint density at radius 1 is 1.26 bits per heavy atom. The molecular formula is C28H39ClN2O3. The summed E-state index contributed by atoms with van der Waals surface area (Å²) in [5, 5.41) is 13.1. The minimum Gasteiger partial charge on any atom is -0.481 e. The molecule has 1 fully saturated rings. The fourth-order valence-corrected chi connectivity index (χ4v) is 5.25. The van der Waals surface area contributed by atoms with Crippen molar-refractivity contribution < 1.29 is 14.7 Å². The van der Waals surface area contributed by atoms with Gasteiger partial charge in [0.1, 0.15) is 0 Å². The van der Waals surface area contributed by atoms with E-state index in [0.29, 0.717) is 5.70 Å². The van der Waals surface area contributed by atoms with Gasteiger partial charge in [0.2, 0.25) is 0 Å². The molecule has 2 aliphatic rings. The Morgan fingerprint density at radius 2 is 1.94 bits per heavy atom. The number of aryl methyl sites for hydroxylation is 1. The van der Waals surface area contributed by atoms with E-state index in [-0.39, 0.29) is 35.6 Å². The maximum atomic E-state index is 13.3. The third-order valence-electron chi connectivity index (χ3n) is 7.74. The van der Waals surface area contributed by atoms with Crippen LogP contribution in [0.15, 0.2) is 42.2 Å². The van der Waals surface area contributed by atoms with Gasteiger partial charge in [-0.3, -0.25) is 9.69 Å². The van der Waals surface area contributed by atoms with E-state index >= 15 is 0 Å². The second-order valence-electron chi connectivity index (χ2n) is 11.8. The molecule has 1 aromatic carbocycles. The number of carboxylic acids is 1. The van der Waals surface area contributed by atoms with Crippen molar-refractivity contribution in [3.63, 3.8) is 0 Å². The molecule has 34 heavy (non-hydrogen) atoms. The van der Waals surface area contributed by atoms with Crippen molar-refractivity contribution >= 4 is 23.6 Å². The summed E-state index contributed by atoms with van der Waals surface area (Å²) in [5.41, 5.74) is 3.35. The van der Waals surface area contributed by atoms with Crippen molar-refractivity contribution in [3.05, 3.63) is 58.4 Å². The number of aliphatic carboxylic acids is 1. The van der Waals surface area contributed by atoms with Gasteiger partial charge in [0, 0.05) is 16.9 Å². The summed E-state index contributed by atoms with van der Waals surface area (Å²) in [6.07, 6.45) is 5.72. The number of carboxylic acid groups (broad SMARTS) is 1. The number of halogens is 1. The third kappa shape index (κ3) is 5.35. The van der Waals surface area contributed by atoms with E-state index in [0.717, 1.165) is 47.4 Å². The van der Waals surface area contributed by atoms with Crippen LogP contribution in [0.1, 0.15) is 84.8 Å². The zero-order valence-electron chi connectivity index (χ0n) is 21.4. The molecule has 0 spiro atoms. The van der Waals surface area contributed by atoms with Gasteiger partial charge in [-0.1, -0.05) is 71.9 Å². The van der Waals surface area contributed by atoms with Gasteiger partial charge in [-0.15, -0.1) is 0 Å². The second kappa shape index (κ2) is 9.41. The highest BCUT2D eigenvalue weighted by molar-refractivity contribution is 6.31. The first-order valence-electron chi connectivity index (χ1n) is 12.2. The molecule has 2 amide bonds. The SMILES string of the molecule is C=C(CCC(=O)O)N1C=C2C(C)C(C)(C)CC[C@@]2(c2ccc(CCC(C)(C)C)c(Cl)c2)NC1=O. The van der Waals surface area contributed by atoms with Gasteiger partial charge in [0.15, 0.2) is 0 Å². The summed E-state index contributed by atoms with van der Waals surface area (Å²) >= 11 is 6.77. The Balaban J connectivity index is 2.02. The summed E-state index contributed by atoms with van der Waals surface area (Å²) in [7, 11) is 0. The highest BCUT2D eigenvalue weighted by Gasteiger charge is 2.51. The molecule has 0 aromatic heterocycles. The maximum Gasteiger partial charge on any atom is 0.326 e. The number of fused-ring (bicyclic) bond motifs is 1. The Bertz CT molecular complexity index is 1020. The summed E-state index contributed by atoms with van der Waals surface area (Å²) in [5.74, 6) is -0.718. The van der Waals surface area contributed by atoms with E-state index in [9.17, 15) is 9.59 Å². The normalized spacial score (nSPS) is 24.2. The number of carbonyl (C=O) groups excluding carboxylic acids is 1. The first kappa shape index (κ1) is 26.3. The molecular weight excluding hydrogens is 448 g/mol. The van der Waals surface area contributed by atoms with E-state index in [1.807, 2.05) is 12.3 Å². The van der Waals surface area contributed by atoms with Gasteiger partial charge in [-0.2, -0.15) is 0 Å². The minimum absolute atomic E-state index is 0.0575. The van der Waals surface area contributed by atoms with Crippen molar-refractivity contribution in [3.8, 4) is 0 Å². The summed E-state index contributed by atoms with van der Waals surface area (Å²) in [6.45, 7) is 17.4. The predicted octanol–water partition coefficient (Wildman–Crippen LogP) is 7.26. The van der Waals surface area contributed by atoms with E-state index in [4.69, 9.17) is 16.7 Å². The van der Waals surface area contributed by atoms with Crippen LogP contribution in [0, 0.1) is 16.7 Å². The van der Waals surface area contributed by atoms with Crippen molar-refractivity contribution in [1.29, 1.82) is 0 Å². The average molecular weight is 487 g/mol. The van der Waals surface area contributed by atoms with Crippen LogP contribution in [0.4, 0.5) is 4.79 Å². The molecule has 1 aliphatic heterocycles. The van der Waals surface area contributed by atoms with Crippen LogP contribution in [0.25, 0.3) is 0 Å². The van der Waals surface area contributed by atoms with Crippen LogP contribution in [-0.2, 0) is 16.8 Å². The van der Waals surface area contributed by atoms with Gasteiger partial charge in [0.25, 0.3) is 0 Å². The highest BCUT2D eigenvalue weighted by atomic mass is 35.5. The first-order valence-corrected chi connectivity index (χ1v) is 12.6. The third-order valence-corrected chi connectivity index (χ3v) is 8.09. The zero-order chi connectivity index (χ0) is 25.5. The zero-order valence-corrected chi connectivity index (χ0v) is 22.2. The molecule has 2 atom stereocenters. The molecule has 1 unspecified atom stereocenters. The Kier molecular flexibility index (Phi) is 7.29. The second-order valence-corrected chi connectivity index (χ2v) is 12.2. The molecule has 6 heteroatoms. The van der Waals surface area contributed by atoms with E-state index in [2.05, 4.69) is 65.6 Å². The van der Waals surface area contributed by atoms with Crippen LogP contribution in [0.5, 0.6) is 0 Å². The van der Waals surface area contributed by atoms with Crippen molar-refractivity contribution in [2.24, 2.45) is 16.7 Å². The predicted molar refractivity (Wildman–Crippen MR) is 138 cm³/mol. The van der Waals surface area contributed by atoms with Crippen LogP contribution < -0.4 is 5.32 Å². The maximum absolute atomic E-state index is 13.3. The number of nitrogens with zero attached hydrogens (tertiary/aromatic N) is 1. The largest absolute Gasteiger partial charge is 0.481 e. The van der Waals surface area contributed by atoms with Crippen molar-refractivity contribution in [2.45, 2.75) is 85.6 Å². The lowest BCUT2D eigenvalue weighted by Crippen LogP contribution is -2.59. The van der Waals surface area contributed by atoms with E-state index in [1.165, 1.54) is 4.90 Å². The van der Waals surface area contributed by atoms with Gasteiger partial charge >= 0.3 is 12.0 Å². The summed E-state index contributed by atoms with van der Waals surface area (Å²) < 4.78 is 0. The standard InChI is InChI=1S/C28H39ClN2O3/c1-18(8-11-24(32)33)31-17-22-19(2)27(6,7)14-15-28(22,30-25(31)34)21-10-9-20(23(29)16-21)12-13-26(3,4)5/h9-10,16-17,19H,1,8,11-15H2,2-7H3,(H,30,34)(H,32,33)/t19?,28-/m0/s1. The molecule has 2 N–H and O–H groups in total. The molecule has 5 nitrogen and oxygen atoms in total. The Morgan fingerprint density at radius 3 is 2.53 bits per heavy atom. The molecule has 1 aromatic rings. The Labute approximate surface area is 209 Å². The number of benzene rings is 1. The number of rotatable bonds is 7. The lowest BCUT2D eigenvalue weighted by atomic mass is 9.58. The van der Waals surface area contributed by atoms with Crippen molar-refractivity contribution in [2.75, 3.05) is 0 Å². The van der Waals surface area contributed by atoms with Gasteiger partial charge in [0.05, 0.1) is 12.0 Å². The lowest BCUT2D eigenvalue weighted by Gasteiger charge is -2.53. The van der Waals surface area contributed by atoms with Crippen LogP contribution in [0.2, 0.25) is 5.02 Å². The van der Waals surface area contributed by atoms with Crippen LogP contribution >= 0.6 is 11.6 Å². The highest BCUT2D eigenvalue weighted by Crippen LogP contribution is 2.54. The average Bonchev–Trinajstić information content (AvgIpc) is 2.73. The van der Waals surface area contributed by atoms with Gasteiger partial charge in [-0.25, -0.2) is 4.79 Å². The number of hydrogen-bond acceptors (Lipinski definition) is 2. The number of urea groups is 1. The van der Waals surface area contributed by atoms with Crippen LogP contribution in [-0.4, -0.2) is 22.0 Å². The number of amides is 2. The lowest BCUT2D eigenvalue weighted by molar-refractivity contribution is -0.137. The fourth-order valence-electron chi connectivity index (χ4n) is 4.97. The molecule has 186 valence electrons. The number of nitrogens with one attached hydrogen (secondary N) is 1. The van der Waals surface area contributed by atoms with E-state index in [1.54, 1.807) is 0 Å². The molecule has 1 saturated carbocycles.